The number of aromatic nitrogens is 2. The Morgan fingerprint density at radius 3 is 2.90 bits per heavy atom. The van der Waals surface area contributed by atoms with E-state index < -0.39 is 0 Å². The molecule has 3 nitrogen and oxygen atoms in total. The summed E-state index contributed by atoms with van der Waals surface area (Å²) >= 11 is 0. The van der Waals surface area contributed by atoms with Crippen LogP contribution in [0.5, 0.6) is 0 Å². The first-order chi connectivity index (χ1) is 9.70. The van der Waals surface area contributed by atoms with Gasteiger partial charge in [0.25, 0.3) is 0 Å². The van der Waals surface area contributed by atoms with Crippen molar-refractivity contribution in [2.45, 2.75) is 65.3 Å². The van der Waals surface area contributed by atoms with Gasteiger partial charge in [-0.25, -0.2) is 0 Å². The first-order valence-corrected chi connectivity index (χ1v) is 8.43. The topological polar surface area (TPSA) is 29.9 Å². The minimum atomic E-state index is 0.717. The summed E-state index contributed by atoms with van der Waals surface area (Å²) in [6.45, 7) is 10.1. The molecule has 0 saturated heterocycles. The summed E-state index contributed by atoms with van der Waals surface area (Å²) in [5.74, 6) is 2.25. The second-order valence-corrected chi connectivity index (χ2v) is 6.74. The molecule has 1 N–H and O–H groups in total. The maximum Gasteiger partial charge on any atom is 0.0524 e. The molecule has 1 aliphatic carbocycles. The SMILES string of the molecule is CCCn1cc(C2CCCCC2CNCC(C)C)cn1. The largest absolute Gasteiger partial charge is 0.316 e. The predicted molar refractivity (Wildman–Crippen MR) is 84.9 cm³/mol. The smallest absolute Gasteiger partial charge is 0.0524 e. The summed E-state index contributed by atoms with van der Waals surface area (Å²) in [6, 6.07) is 0. The van der Waals surface area contributed by atoms with Crippen molar-refractivity contribution in [3.05, 3.63) is 18.0 Å². The zero-order chi connectivity index (χ0) is 14.4. The summed E-state index contributed by atoms with van der Waals surface area (Å²) < 4.78 is 2.11. The van der Waals surface area contributed by atoms with E-state index in [-0.39, 0.29) is 0 Å². The third-order valence-corrected chi connectivity index (χ3v) is 4.40. The van der Waals surface area contributed by atoms with Crippen molar-refractivity contribution < 1.29 is 0 Å². The average molecular weight is 277 g/mol. The zero-order valence-electron chi connectivity index (χ0n) is 13.4. The minimum absolute atomic E-state index is 0.717. The van der Waals surface area contributed by atoms with E-state index in [0.29, 0.717) is 5.92 Å². The molecule has 20 heavy (non-hydrogen) atoms. The Balaban J connectivity index is 1.94. The fourth-order valence-electron chi connectivity index (χ4n) is 3.37. The van der Waals surface area contributed by atoms with Gasteiger partial charge in [-0.3, -0.25) is 4.68 Å². The van der Waals surface area contributed by atoms with Crippen LogP contribution in [0.1, 0.15) is 64.4 Å². The Morgan fingerprint density at radius 1 is 1.35 bits per heavy atom. The van der Waals surface area contributed by atoms with Gasteiger partial charge >= 0.3 is 0 Å². The van der Waals surface area contributed by atoms with Crippen LogP contribution in [0, 0.1) is 11.8 Å². The molecule has 1 heterocycles. The van der Waals surface area contributed by atoms with E-state index in [0.717, 1.165) is 31.3 Å². The van der Waals surface area contributed by atoms with Crippen LogP contribution >= 0.6 is 0 Å². The number of aryl methyl sites for hydroxylation is 1. The average Bonchev–Trinajstić information content (AvgIpc) is 2.88. The van der Waals surface area contributed by atoms with Crippen LogP contribution in [0.25, 0.3) is 0 Å². The molecule has 0 aromatic carbocycles. The predicted octanol–water partition coefficient (Wildman–Crippen LogP) is 3.81. The molecular weight excluding hydrogens is 246 g/mol. The van der Waals surface area contributed by atoms with E-state index >= 15 is 0 Å². The van der Waals surface area contributed by atoms with E-state index in [1.54, 1.807) is 0 Å². The second kappa shape index (κ2) is 7.82. The normalized spacial score (nSPS) is 23.4. The third-order valence-electron chi connectivity index (χ3n) is 4.40. The second-order valence-electron chi connectivity index (χ2n) is 6.74. The zero-order valence-corrected chi connectivity index (χ0v) is 13.4. The van der Waals surface area contributed by atoms with Crippen molar-refractivity contribution >= 4 is 0 Å². The van der Waals surface area contributed by atoms with Crippen LogP contribution in [-0.4, -0.2) is 22.9 Å². The molecule has 2 unspecified atom stereocenters. The lowest BCUT2D eigenvalue weighted by atomic mass is 9.76. The van der Waals surface area contributed by atoms with E-state index in [1.807, 2.05) is 0 Å². The third kappa shape index (κ3) is 4.34. The lowest BCUT2D eigenvalue weighted by Crippen LogP contribution is -2.31. The van der Waals surface area contributed by atoms with Gasteiger partial charge in [0.1, 0.15) is 0 Å². The Bertz CT molecular complexity index is 383. The molecule has 0 radical (unpaired) electrons. The lowest BCUT2D eigenvalue weighted by Gasteiger charge is -2.31. The van der Waals surface area contributed by atoms with Gasteiger partial charge in [-0.2, -0.15) is 5.10 Å². The highest BCUT2D eigenvalue weighted by Crippen LogP contribution is 2.37. The first-order valence-electron chi connectivity index (χ1n) is 8.43. The Kier molecular flexibility index (Phi) is 6.08. The number of nitrogens with zero attached hydrogens (tertiary/aromatic N) is 2. The van der Waals surface area contributed by atoms with Gasteiger partial charge in [-0.05, 0) is 55.7 Å². The fraction of sp³-hybridized carbons (Fsp3) is 0.824. The Morgan fingerprint density at radius 2 is 2.15 bits per heavy atom. The van der Waals surface area contributed by atoms with Crippen LogP contribution in [0.15, 0.2) is 12.4 Å². The highest BCUT2D eigenvalue weighted by atomic mass is 15.3. The Hall–Kier alpha value is -0.830. The molecule has 0 amide bonds. The van der Waals surface area contributed by atoms with Crippen molar-refractivity contribution in [2.24, 2.45) is 11.8 Å². The molecule has 0 spiro atoms. The molecule has 1 aliphatic rings. The minimum Gasteiger partial charge on any atom is -0.316 e. The van der Waals surface area contributed by atoms with Crippen LogP contribution < -0.4 is 5.32 Å². The highest BCUT2D eigenvalue weighted by molar-refractivity contribution is 5.14. The first kappa shape index (κ1) is 15.6. The van der Waals surface area contributed by atoms with Crippen LogP contribution in [-0.2, 0) is 6.54 Å². The molecule has 114 valence electrons. The van der Waals surface area contributed by atoms with Crippen molar-refractivity contribution in [3.63, 3.8) is 0 Å². The summed E-state index contributed by atoms with van der Waals surface area (Å²) in [7, 11) is 0. The van der Waals surface area contributed by atoms with E-state index in [2.05, 4.69) is 48.3 Å². The fourth-order valence-corrected chi connectivity index (χ4v) is 3.37. The highest BCUT2D eigenvalue weighted by Gasteiger charge is 2.27. The quantitative estimate of drug-likeness (QED) is 0.821. The van der Waals surface area contributed by atoms with E-state index in [9.17, 15) is 0 Å². The molecule has 2 rings (SSSR count). The maximum atomic E-state index is 4.52. The molecular formula is C17H31N3. The van der Waals surface area contributed by atoms with E-state index in [4.69, 9.17) is 0 Å². The Labute approximate surface area is 124 Å². The summed E-state index contributed by atoms with van der Waals surface area (Å²) in [5, 5.41) is 8.18. The summed E-state index contributed by atoms with van der Waals surface area (Å²) in [4.78, 5) is 0. The molecule has 1 fully saturated rings. The van der Waals surface area contributed by atoms with E-state index in [1.165, 1.54) is 37.8 Å². The number of hydrogen-bond donors (Lipinski definition) is 1. The number of rotatable bonds is 7. The van der Waals surface area contributed by atoms with Gasteiger partial charge in [0.2, 0.25) is 0 Å². The molecule has 1 saturated carbocycles. The number of nitrogens with one attached hydrogen (secondary N) is 1. The van der Waals surface area contributed by atoms with Crippen LogP contribution in [0.2, 0.25) is 0 Å². The summed E-state index contributed by atoms with van der Waals surface area (Å²) in [6.07, 6.45) is 11.0. The van der Waals surface area contributed by atoms with Gasteiger partial charge < -0.3 is 5.32 Å². The van der Waals surface area contributed by atoms with Crippen molar-refractivity contribution in [1.29, 1.82) is 0 Å². The standard InChI is InChI=1S/C17H31N3/c1-4-9-20-13-16(12-19-20)17-8-6-5-7-15(17)11-18-10-14(2)3/h12-15,17-18H,4-11H2,1-3H3. The molecule has 0 aliphatic heterocycles. The number of hydrogen-bond acceptors (Lipinski definition) is 2. The van der Waals surface area contributed by atoms with Gasteiger partial charge in [0.05, 0.1) is 6.20 Å². The monoisotopic (exact) mass is 277 g/mol. The van der Waals surface area contributed by atoms with Crippen LogP contribution in [0.3, 0.4) is 0 Å². The molecule has 0 bridgehead atoms. The maximum absolute atomic E-state index is 4.52. The van der Waals surface area contributed by atoms with Gasteiger partial charge in [-0.1, -0.05) is 33.6 Å². The van der Waals surface area contributed by atoms with Gasteiger partial charge in [-0.15, -0.1) is 0 Å². The van der Waals surface area contributed by atoms with Gasteiger partial charge in [0.15, 0.2) is 0 Å². The van der Waals surface area contributed by atoms with Gasteiger partial charge in [0, 0.05) is 12.7 Å². The van der Waals surface area contributed by atoms with Crippen molar-refractivity contribution in [2.75, 3.05) is 13.1 Å². The summed E-state index contributed by atoms with van der Waals surface area (Å²) in [5.41, 5.74) is 1.47. The van der Waals surface area contributed by atoms with Crippen molar-refractivity contribution in [3.8, 4) is 0 Å². The molecule has 3 heteroatoms. The molecule has 1 aromatic rings. The van der Waals surface area contributed by atoms with Crippen molar-refractivity contribution in [1.82, 2.24) is 15.1 Å². The van der Waals surface area contributed by atoms with Crippen LogP contribution in [0.4, 0.5) is 0 Å². The molecule has 2 atom stereocenters. The molecule has 1 aromatic heterocycles. The lowest BCUT2D eigenvalue weighted by molar-refractivity contribution is 0.292.